The van der Waals surface area contributed by atoms with Gasteiger partial charge in [0.1, 0.15) is 0 Å². The van der Waals surface area contributed by atoms with E-state index in [0.717, 1.165) is 0 Å². The van der Waals surface area contributed by atoms with E-state index in [2.05, 4.69) is 0 Å². The number of piperidine rings is 1. The average Bonchev–Trinajstić information content (AvgIpc) is 2.50. The molecule has 0 aromatic heterocycles. The number of carbonyl (C=O) groups excluding carboxylic acids is 1. The molecule has 0 spiro atoms. The van der Waals surface area contributed by atoms with Gasteiger partial charge in [0.2, 0.25) is 0 Å². The molecule has 1 heterocycles. The fourth-order valence-electron chi connectivity index (χ4n) is 2.91. The van der Waals surface area contributed by atoms with Crippen molar-refractivity contribution >= 4 is 17.0 Å². The predicted octanol–water partition coefficient (Wildman–Crippen LogP) is 1.91. The number of halogens is 2. The summed E-state index contributed by atoms with van der Waals surface area (Å²) in [6, 6.07) is 3.03. The first-order valence-electron chi connectivity index (χ1n) is 7.66. The molecule has 5 nitrogen and oxygen atoms in total. The van der Waals surface area contributed by atoms with E-state index >= 15 is 0 Å². The molecule has 1 aromatic rings. The second kappa shape index (κ2) is 7.25. The Morgan fingerprint density at radius 1 is 1.33 bits per heavy atom. The van der Waals surface area contributed by atoms with Crippen LogP contribution < -0.4 is 0 Å². The minimum Gasteiger partial charge on any atom is -0.768 e. The van der Waals surface area contributed by atoms with Gasteiger partial charge in [0.15, 0.2) is 0 Å². The highest BCUT2D eigenvalue weighted by atomic mass is 32.2. The second-order valence-electron chi connectivity index (χ2n) is 6.16. The summed E-state index contributed by atoms with van der Waals surface area (Å²) < 4.78 is 48.2. The topological polar surface area (TPSA) is 80.7 Å². The number of carbonyl (C=O) groups is 1. The fraction of sp³-hybridized carbons (Fsp3) is 0.562. The minimum absolute atomic E-state index is 0.209. The lowest BCUT2D eigenvalue weighted by Gasteiger charge is -2.30. The van der Waals surface area contributed by atoms with E-state index in [4.69, 9.17) is 0 Å². The Hall–Kier alpha value is -1.38. The number of nitrogens with zero attached hydrogens (tertiary/aromatic N) is 1. The molecular formula is C16H20F2NO4S-. The Morgan fingerprint density at radius 3 is 2.29 bits per heavy atom. The van der Waals surface area contributed by atoms with Gasteiger partial charge in [0.05, 0.1) is 6.10 Å². The van der Waals surface area contributed by atoms with Crippen molar-refractivity contribution in [2.45, 2.75) is 44.5 Å². The Kier molecular flexibility index (Phi) is 5.72. The molecule has 1 fully saturated rings. The zero-order chi connectivity index (χ0) is 18.1. The van der Waals surface area contributed by atoms with Crippen molar-refractivity contribution in [1.29, 1.82) is 0 Å². The maximum atomic E-state index is 13.5. The number of alkyl halides is 2. The molecule has 2 rings (SSSR count). The molecule has 1 aliphatic rings. The third-order valence-electron chi connectivity index (χ3n) is 4.32. The number of hydrogen-bond donors (Lipinski definition) is 1. The number of aliphatic hydroxyl groups is 1. The van der Waals surface area contributed by atoms with E-state index in [-0.39, 0.29) is 11.5 Å². The summed E-state index contributed by atoms with van der Waals surface area (Å²) in [5, 5.41) is 5.65. The van der Waals surface area contributed by atoms with Gasteiger partial charge in [-0.15, -0.1) is 0 Å². The first-order valence-corrected chi connectivity index (χ1v) is 8.74. The van der Waals surface area contributed by atoms with Crippen LogP contribution >= 0.6 is 0 Å². The van der Waals surface area contributed by atoms with Crippen molar-refractivity contribution in [1.82, 2.24) is 4.90 Å². The summed E-state index contributed by atoms with van der Waals surface area (Å²) in [5.74, 6) is -0.209. The van der Waals surface area contributed by atoms with Crippen molar-refractivity contribution in [2.24, 2.45) is 0 Å². The Labute approximate surface area is 141 Å². The Balaban J connectivity index is 2.23. The van der Waals surface area contributed by atoms with E-state index in [1.165, 1.54) is 12.1 Å². The van der Waals surface area contributed by atoms with Crippen LogP contribution in [0.2, 0.25) is 0 Å². The van der Waals surface area contributed by atoms with E-state index in [0.29, 0.717) is 42.6 Å². The highest BCUT2D eigenvalue weighted by Crippen LogP contribution is 2.28. The van der Waals surface area contributed by atoms with Crippen molar-refractivity contribution in [2.75, 3.05) is 13.1 Å². The number of aryl methyl sites for hydroxylation is 2. The second-order valence-corrected chi connectivity index (χ2v) is 7.23. The molecule has 0 bridgehead atoms. The van der Waals surface area contributed by atoms with Crippen molar-refractivity contribution in [3.8, 4) is 0 Å². The van der Waals surface area contributed by atoms with Crippen LogP contribution in [0, 0.1) is 13.8 Å². The van der Waals surface area contributed by atoms with Crippen LogP contribution in [0.3, 0.4) is 0 Å². The summed E-state index contributed by atoms with van der Waals surface area (Å²) in [7, 11) is 0. The smallest absolute Gasteiger partial charge is 0.313 e. The lowest BCUT2D eigenvalue weighted by atomic mass is 9.96. The average molecular weight is 360 g/mol. The molecule has 1 N–H and O–H groups in total. The van der Waals surface area contributed by atoms with Crippen LogP contribution in [-0.2, 0) is 17.5 Å². The molecule has 1 aromatic carbocycles. The van der Waals surface area contributed by atoms with Gasteiger partial charge in [-0.25, -0.2) is 0 Å². The molecule has 0 aliphatic carbocycles. The minimum atomic E-state index is -3.84. The van der Waals surface area contributed by atoms with Crippen molar-refractivity contribution in [3.05, 3.63) is 34.4 Å². The third-order valence-corrected chi connectivity index (χ3v) is 4.95. The predicted molar refractivity (Wildman–Crippen MR) is 84.6 cm³/mol. The molecule has 8 heteroatoms. The number of amides is 1. The summed E-state index contributed by atoms with van der Waals surface area (Å²) in [4.78, 5) is 14.1. The quantitative estimate of drug-likeness (QED) is 0.832. The number of likely N-dealkylation sites (tertiary alicyclic amines) is 1. The van der Waals surface area contributed by atoms with Crippen LogP contribution in [-0.4, -0.2) is 49.1 Å². The molecule has 1 aliphatic heterocycles. The molecule has 24 heavy (non-hydrogen) atoms. The lowest BCUT2D eigenvalue weighted by Crippen LogP contribution is -2.40. The summed E-state index contributed by atoms with van der Waals surface area (Å²) in [6.07, 6.45) is -0.271. The zero-order valence-corrected chi connectivity index (χ0v) is 14.4. The van der Waals surface area contributed by atoms with Crippen LogP contribution in [0.4, 0.5) is 8.78 Å². The standard InChI is InChI=1S/C16H21F2NO4S/c1-10-7-12(15(21)19-5-3-13(20)4-6-19)8-11(2)14(10)9-16(17,18)24(22)23/h7-8,13,20H,3-6,9H2,1-2H3,(H,22,23)/p-1. The highest BCUT2D eigenvalue weighted by Gasteiger charge is 2.32. The van der Waals surface area contributed by atoms with Gasteiger partial charge in [-0.3, -0.25) is 9.00 Å². The number of benzene rings is 1. The van der Waals surface area contributed by atoms with Gasteiger partial charge < -0.3 is 14.6 Å². The number of rotatable bonds is 4. The summed E-state index contributed by atoms with van der Waals surface area (Å²) in [5.41, 5.74) is 1.53. The molecule has 0 saturated carbocycles. The van der Waals surface area contributed by atoms with Gasteiger partial charge in [-0.1, -0.05) is 0 Å². The Bertz CT molecular complexity index is 634. The van der Waals surface area contributed by atoms with Crippen LogP contribution in [0.5, 0.6) is 0 Å². The van der Waals surface area contributed by atoms with Gasteiger partial charge in [-0.2, -0.15) is 8.78 Å². The molecule has 0 radical (unpaired) electrons. The normalized spacial score (nSPS) is 17.8. The lowest BCUT2D eigenvalue weighted by molar-refractivity contribution is 0.0546. The largest absolute Gasteiger partial charge is 0.768 e. The van der Waals surface area contributed by atoms with Gasteiger partial charge in [-0.05, 0) is 55.5 Å². The van der Waals surface area contributed by atoms with Crippen molar-refractivity contribution < 1.29 is 27.4 Å². The number of aliphatic hydroxyl groups excluding tert-OH is 1. The third kappa shape index (κ3) is 4.17. The van der Waals surface area contributed by atoms with Gasteiger partial charge in [0, 0.05) is 36.2 Å². The summed E-state index contributed by atoms with van der Waals surface area (Å²) >= 11 is -3.50. The molecule has 1 unspecified atom stereocenters. The van der Waals surface area contributed by atoms with Crippen LogP contribution in [0.15, 0.2) is 12.1 Å². The van der Waals surface area contributed by atoms with Crippen molar-refractivity contribution in [3.63, 3.8) is 0 Å². The maximum absolute atomic E-state index is 13.5. The molecule has 1 atom stereocenters. The zero-order valence-electron chi connectivity index (χ0n) is 13.6. The van der Waals surface area contributed by atoms with Gasteiger partial charge in [0.25, 0.3) is 5.91 Å². The van der Waals surface area contributed by atoms with E-state index in [1.807, 2.05) is 0 Å². The van der Waals surface area contributed by atoms with Crippen LogP contribution in [0.1, 0.15) is 39.9 Å². The summed E-state index contributed by atoms with van der Waals surface area (Å²) in [6.45, 7) is 4.08. The Morgan fingerprint density at radius 2 is 1.83 bits per heavy atom. The number of hydrogen-bond acceptors (Lipinski definition) is 4. The monoisotopic (exact) mass is 360 g/mol. The first-order chi connectivity index (χ1) is 11.1. The molecule has 1 saturated heterocycles. The van der Waals surface area contributed by atoms with E-state index < -0.39 is 28.9 Å². The highest BCUT2D eigenvalue weighted by molar-refractivity contribution is 7.80. The molecule has 134 valence electrons. The molecule has 1 amide bonds. The first kappa shape index (κ1) is 19.0. The fourth-order valence-corrected chi connectivity index (χ4v) is 3.17. The van der Waals surface area contributed by atoms with Gasteiger partial charge >= 0.3 is 5.25 Å². The van der Waals surface area contributed by atoms with E-state index in [1.54, 1.807) is 18.7 Å². The van der Waals surface area contributed by atoms with Crippen LogP contribution in [0.25, 0.3) is 0 Å². The van der Waals surface area contributed by atoms with E-state index in [9.17, 15) is 27.4 Å². The SMILES string of the molecule is Cc1cc(C(=O)N2CCC(O)CC2)cc(C)c1CC(F)(F)S(=O)[O-]. The molecular weight excluding hydrogens is 340 g/mol. The maximum Gasteiger partial charge on any atom is 0.313 e.